The Kier molecular flexibility index (Phi) is 7.07. The summed E-state index contributed by atoms with van der Waals surface area (Å²) < 4.78 is 6.24. The maximum Gasteiger partial charge on any atom is 0.327 e. The summed E-state index contributed by atoms with van der Waals surface area (Å²) in [5.41, 5.74) is 1.96. The van der Waals surface area contributed by atoms with Gasteiger partial charge in [0.25, 0.3) is 5.91 Å². The molecule has 8 heteroatoms. The summed E-state index contributed by atoms with van der Waals surface area (Å²) in [6.07, 6.45) is 3.70. The van der Waals surface area contributed by atoms with Crippen LogP contribution in [0.4, 0.5) is 4.79 Å². The third-order valence-corrected chi connectivity index (χ3v) is 7.61. The average Bonchev–Trinajstić information content (AvgIpc) is 3.27. The highest BCUT2D eigenvalue weighted by Gasteiger charge is 2.57. The summed E-state index contributed by atoms with van der Waals surface area (Å²) >= 11 is 5.94. The maximum atomic E-state index is 13.6. The van der Waals surface area contributed by atoms with Crippen LogP contribution in [-0.2, 0) is 27.3 Å². The van der Waals surface area contributed by atoms with E-state index >= 15 is 0 Å². The van der Waals surface area contributed by atoms with Crippen LogP contribution in [0.2, 0.25) is 5.02 Å². The second-order valence-electron chi connectivity index (χ2n) is 9.57. The second-order valence-corrected chi connectivity index (χ2v) is 10.0. The lowest BCUT2D eigenvalue weighted by atomic mass is 9.81. The highest BCUT2D eigenvalue weighted by molar-refractivity contribution is 6.30. The standard InChI is InChI=1S/C27H30ClN3O4/c28-20-12-10-19(11-13-20)16-29-23(32)17-31-24-21-8-4-5-9-22(21)35-25(24)26(33)30(27(31)34)15-14-18-6-2-1-3-7-18/h1-3,6-7,10-13,21-22,24-25H,4-5,8-9,14-17H2,(H,29,32). The Balaban J connectivity index is 1.32. The van der Waals surface area contributed by atoms with Gasteiger partial charge in [0, 0.05) is 24.0 Å². The summed E-state index contributed by atoms with van der Waals surface area (Å²) in [7, 11) is 0. The highest BCUT2D eigenvalue weighted by Crippen LogP contribution is 2.42. The number of fused-ring (bicyclic) bond motifs is 3. The van der Waals surface area contributed by atoms with Crippen molar-refractivity contribution in [3.8, 4) is 0 Å². The molecule has 5 rings (SSSR count). The molecule has 4 amide bonds. The van der Waals surface area contributed by atoms with Crippen LogP contribution in [0.1, 0.15) is 36.8 Å². The molecule has 4 atom stereocenters. The molecule has 0 aromatic heterocycles. The van der Waals surface area contributed by atoms with Crippen molar-refractivity contribution < 1.29 is 19.1 Å². The van der Waals surface area contributed by atoms with Gasteiger partial charge in [-0.1, -0.05) is 66.9 Å². The van der Waals surface area contributed by atoms with Gasteiger partial charge in [0.05, 0.1) is 12.1 Å². The van der Waals surface area contributed by atoms with E-state index in [-0.39, 0.29) is 36.9 Å². The number of carbonyl (C=O) groups is 3. The van der Waals surface area contributed by atoms with Gasteiger partial charge < -0.3 is 15.0 Å². The number of nitrogens with one attached hydrogen (secondary N) is 1. The van der Waals surface area contributed by atoms with Crippen LogP contribution in [0.25, 0.3) is 0 Å². The number of amides is 4. The fourth-order valence-electron chi connectivity index (χ4n) is 5.59. The smallest absolute Gasteiger partial charge is 0.327 e. The molecule has 184 valence electrons. The number of hydrogen-bond acceptors (Lipinski definition) is 4. The van der Waals surface area contributed by atoms with Gasteiger partial charge in [-0.15, -0.1) is 0 Å². The molecular weight excluding hydrogens is 466 g/mol. The molecule has 35 heavy (non-hydrogen) atoms. The van der Waals surface area contributed by atoms with Crippen molar-refractivity contribution in [2.45, 2.75) is 56.9 Å². The van der Waals surface area contributed by atoms with Crippen LogP contribution in [0.5, 0.6) is 0 Å². The molecule has 7 nitrogen and oxygen atoms in total. The number of hydrogen-bond donors (Lipinski definition) is 1. The van der Waals surface area contributed by atoms with Crippen molar-refractivity contribution in [1.29, 1.82) is 0 Å². The monoisotopic (exact) mass is 495 g/mol. The minimum atomic E-state index is -0.708. The van der Waals surface area contributed by atoms with Crippen molar-refractivity contribution in [2.24, 2.45) is 5.92 Å². The fourth-order valence-corrected chi connectivity index (χ4v) is 5.71. The first kappa shape index (κ1) is 23.8. The first-order valence-electron chi connectivity index (χ1n) is 12.3. The number of imide groups is 1. The van der Waals surface area contributed by atoms with Crippen LogP contribution in [-0.4, -0.2) is 59.0 Å². The zero-order valence-corrected chi connectivity index (χ0v) is 20.3. The van der Waals surface area contributed by atoms with E-state index in [1.165, 1.54) is 4.90 Å². The molecule has 3 fully saturated rings. The number of carbonyl (C=O) groups excluding carboxylic acids is 3. The number of benzene rings is 2. The number of rotatable bonds is 7. The Morgan fingerprint density at radius 2 is 1.74 bits per heavy atom. The van der Waals surface area contributed by atoms with Gasteiger partial charge in [0.15, 0.2) is 6.10 Å². The molecular formula is C27H30ClN3O4. The Morgan fingerprint density at radius 1 is 1.00 bits per heavy atom. The van der Waals surface area contributed by atoms with E-state index in [1.54, 1.807) is 17.0 Å². The van der Waals surface area contributed by atoms with Crippen molar-refractivity contribution in [2.75, 3.05) is 13.1 Å². The van der Waals surface area contributed by atoms with Crippen molar-refractivity contribution in [1.82, 2.24) is 15.1 Å². The number of nitrogens with zero attached hydrogens (tertiary/aromatic N) is 2. The van der Waals surface area contributed by atoms with Crippen LogP contribution < -0.4 is 5.32 Å². The van der Waals surface area contributed by atoms with Gasteiger partial charge in [0.1, 0.15) is 6.54 Å². The molecule has 2 saturated heterocycles. The van der Waals surface area contributed by atoms with Gasteiger partial charge in [-0.05, 0) is 42.5 Å². The average molecular weight is 496 g/mol. The molecule has 1 saturated carbocycles. The molecule has 3 aliphatic rings. The van der Waals surface area contributed by atoms with Crippen molar-refractivity contribution >= 4 is 29.4 Å². The zero-order chi connectivity index (χ0) is 24.4. The Bertz CT molecular complexity index is 1080. The largest absolute Gasteiger partial charge is 0.363 e. The van der Waals surface area contributed by atoms with E-state index < -0.39 is 18.2 Å². The van der Waals surface area contributed by atoms with E-state index in [1.807, 2.05) is 42.5 Å². The fraction of sp³-hybridized carbons (Fsp3) is 0.444. The zero-order valence-electron chi connectivity index (χ0n) is 19.6. The molecule has 4 unspecified atom stereocenters. The van der Waals surface area contributed by atoms with Gasteiger partial charge in [-0.25, -0.2) is 4.79 Å². The van der Waals surface area contributed by atoms with Crippen LogP contribution in [0.3, 0.4) is 0 Å². The van der Waals surface area contributed by atoms with Crippen LogP contribution in [0.15, 0.2) is 54.6 Å². The maximum absolute atomic E-state index is 13.6. The van der Waals surface area contributed by atoms with E-state index in [0.717, 1.165) is 36.8 Å². The Hall–Kier alpha value is -2.90. The van der Waals surface area contributed by atoms with Crippen LogP contribution >= 0.6 is 11.6 Å². The summed E-state index contributed by atoms with van der Waals surface area (Å²) in [6.45, 7) is 0.493. The molecule has 1 aliphatic carbocycles. The molecule has 0 bridgehead atoms. The topological polar surface area (TPSA) is 79.0 Å². The molecule has 2 aromatic carbocycles. The van der Waals surface area contributed by atoms with E-state index in [4.69, 9.17) is 16.3 Å². The molecule has 1 N–H and O–H groups in total. The summed E-state index contributed by atoms with van der Waals surface area (Å²) in [5, 5.41) is 3.53. The minimum absolute atomic E-state index is 0.0378. The summed E-state index contributed by atoms with van der Waals surface area (Å²) in [6, 6.07) is 16.2. The van der Waals surface area contributed by atoms with Crippen LogP contribution in [0, 0.1) is 5.92 Å². The first-order valence-corrected chi connectivity index (χ1v) is 12.7. The Labute approximate surface area is 210 Å². The Morgan fingerprint density at radius 3 is 2.51 bits per heavy atom. The molecule has 0 radical (unpaired) electrons. The third-order valence-electron chi connectivity index (χ3n) is 7.35. The quantitative estimate of drug-likeness (QED) is 0.634. The number of urea groups is 1. The highest BCUT2D eigenvalue weighted by atomic mass is 35.5. The summed E-state index contributed by atoms with van der Waals surface area (Å²) in [5.74, 6) is -0.450. The third kappa shape index (κ3) is 5.07. The van der Waals surface area contributed by atoms with Gasteiger partial charge in [-0.3, -0.25) is 14.5 Å². The number of ether oxygens (including phenoxy) is 1. The van der Waals surface area contributed by atoms with Gasteiger partial charge in [-0.2, -0.15) is 0 Å². The lowest BCUT2D eigenvalue weighted by Crippen LogP contribution is -2.65. The van der Waals surface area contributed by atoms with Gasteiger partial charge >= 0.3 is 6.03 Å². The van der Waals surface area contributed by atoms with Gasteiger partial charge in [0.2, 0.25) is 5.91 Å². The van der Waals surface area contributed by atoms with E-state index in [9.17, 15) is 14.4 Å². The molecule has 2 aromatic rings. The summed E-state index contributed by atoms with van der Waals surface area (Å²) in [4.78, 5) is 42.8. The normalized spacial score (nSPS) is 25.9. The molecule has 0 spiro atoms. The second kappa shape index (κ2) is 10.4. The minimum Gasteiger partial charge on any atom is -0.363 e. The molecule has 2 heterocycles. The predicted octanol–water partition coefficient (Wildman–Crippen LogP) is 3.79. The van der Waals surface area contributed by atoms with Crippen molar-refractivity contribution in [3.63, 3.8) is 0 Å². The molecule has 2 aliphatic heterocycles. The first-order chi connectivity index (χ1) is 17.0. The predicted molar refractivity (Wildman–Crippen MR) is 132 cm³/mol. The lowest BCUT2D eigenvalue weighted by Gasteiger charge is -2.43. The van der Waals surface area contributed by atoms with Crippen molar-refractivity contribution in [3.05, 3.63) is 70.7 Å². The van der Waals surface area contributed by atoms with E-state index in [2.05, 4.69) is 5.32 Å². The van der Waals surface area contributed by atoms with E-state index in [0.29, 0.717) is 18.0 Å². The number of halogens is 1. The lowest BCUT2D eigenvalue weighted by molar-refractivity contribution is -0.147. The SMILES string of the molecule is O=C(CN1C(=O)N(CCc2ccccc2)C(=O)C2OC3CCCCC3C21)NCc1ccc(Cl)cc1.